The number of halogens is 1. The minimum absolute atomic E-state index is 1.04. The third-order valence-corrected chi connectivity index (χ3v) is 3.17. The van der Waals surface area contributed by atoms with E-state index in [1.807, 2.05) is 6.08 Å². The molecule has 2 aromatic carbocycles. The van der Waals surface area contributed by atoms with Crippen molar-refractivity contribution in [1.82, 2.24) is 0 Å². The van der Waals surface area contributed by atoms with Gasteiger partial charge in [0.25, 0.3) is 0 Å². The fraction of sp³-hybridized carbons (Fsp3) is 0.0769. The Morgan fingerprint density at radius 2 is 2.00 bits per heavy atom. The van der Waals surface area contributed by atoms with E-state index in [2.05, 4.69) is 65.6 Å². The van der Waals surface area contributed by atoms with Gasteiger partial charge in [0.1, 0.15) is 0 Å². The first-order valence-electron chi connectivity index (χ1n) is 4.55. The van der Waals surface area contributed by atoms with Gasteiger partial charge in [-0.2, -0.15) is 0 Å². The molecule has 0 radical (unpaired) electrons. The second-order valence-electron chi connectivity index (χ2n) is 3.24. The normalized spacial score (nSPS) is 10.4. The van der Waals surface area contributed by atoms with Gasteiger partial charge in [0.15, 0.2) is 0 Å². The van der Waals surface area contributed by atoms with Gasteiger partial charge in [-0.15, -0.1) is 0 Å². The Morgan fingerprint density at radius 3 is 2.71 bits per heavy atom. The summed E-state index contributed by atoms with van der Waals surface area (Å²) in [5.74, 6) is 0. The standard InChI is InChI=1S/C13H11I/c1-2-10-7-11-5-3-4-6-13(11)12(8-10)9-14/h2-8H,1,9H2. The predicted octanol–water partition coefficient (Wildman–Crippen LogP) is 4.42. The van der Waals surface area contributed by atoms with E-state index < -0.39 is 0 Å². The van der Waals surface area contributed by atoms with Crippen LogP contribution in [-0.4, -0.2) is 0 Å². The average molecular weight is 294 g/mol. The second-order valence-corrected chi connectivity index (χ2v) is 4.00. The Kier molecular flexibility index (Phi) is 2.87. The molecule has 1 heteroatoms. The number of benzene rings is 2. The molecule has 2 rings (SSSR count). The van der Waals surface area contributed by atoms with Crippen molar-refractivity contribution in [2.24, 2.45) is 0 Å². The highest BCUT2D eigenvalue weighted by Crippen LogP contribution is 2.23. The predicted molar refractivity (Wildman–Crippen MR) is 71.8 cm³/mol. The molecule has 14 heavy (non-hydrogen) atoms. The largest absolute Gasteiger partial charge is 0.0985 e. The molecule has 0 unspecified atom stereocenters. The van der Waals surface area contributed by atoms with E-state index in [4.69, 9.17) is 0 Å². The molecule has 0 atom stereocenters. The van der Waals surface area contributed by atoms with E-state index in [1.54, 1.807) is 0 Å². The molecule has 0 spiro atoms. The summed E-state index contributed by atoms with van der Waals surface area (Å²) in [6.45, 7) is 3.81. The van der Waals surface area contributed by atoms with E-state index in [9.17, 15) is 0 Å². The van der Waals surface area contributed by atoms with Crippen molar-refractivity contribution in [3.05, 3.63) is 54.1 Å². The molecule has 0 saturated heterocycles. The van der Waals surface area contributed by atoms with Crippen molar-refractivity contribution in [2.45, 2.75) is 4.43 Å². The molecule has 70 valence electrons. The van der Waals surface area contributed by atoms with Crippen LogP contribution >= 0.6 is 22.6 Å². The molecule has 0 N–H and O–H groups in total. The zero-order valence-electron chi connectivity index (χ0n) is 7.83. The van der Waals surface area contributed by atoms with E-state index in [-0.39, 0.29) is 0 Å². The van der Waals surface area contributed by atoms with Gasteiger partial charge in [0, 0.05) is 4.43 Å². The lowest BCUT2D eigenvalue weighted by molar-refractivity contribution is 1.50. The van der Waals surface area contributed by atoms with E-state index in [0.29, 0.717) is 0 Å². The molecule has 0 aliphatic rings. The molecular weight excluding hydrogens is 283 g/mol. The summed E-state index contributed by atoms with van der Waals surface area (Å²) in [4.78, 5) is 0. The highest BCUT2D eigenvalue weighted by atomic mass is 127. The SMILES string of the molecule is C=Cc1cc(CI)c2ccccc2c1. The van der Waals surface area contributed by atoms with Gasteiger partial charge in [-0.05, 0) is 28.0 Å². The van der Waals surface area contributed by atoms with Gasteiger partial charge in [0.05, 0.1) is 0 Å². The number of hydrogen-bond acceptors (Lipinski definition) is 0. The van der Waals surface area contributed by atoms with Crippen LogP contribution in [-0.2, 0) is 4.43 Å². The molecule has 2 aromatic rings. The minimum atomic E-state index is 1.04. The van der Waals surface area contributed by atoms with Gasteiger partial charge in [-0.1, -0.05) is 65.6 Å². The summed E-state index contributed by atoms with van der Waals surface area (Å²) < 4.78 is 1.04. The molecule has 0 bridgehead atoms. The van der Waals surface area contributed by atoms with Crippen molar-refractivity contribution in [1.29, 1.82) is 0 Å². The van der Waals surface area contributed by atoms with Gasteiger partial charge in [-0.3, -0.25) is 0 Å². The first-order valence-corrected chi connectivity index (χ1v) is 6.08. The Bertz CT molecular complexity index is 472. The molecule has 0 aliphatic heterocycles. The summed E-state index contributed by atoms with van der Waals surface area (Å²) in [7, 11) is 0. The molecule has 0 aliphatic carbocycles. The molecular formula is C13H11I. The lowest BCUT2D eigenvalue weighted by Crippen LogP contribution is -1.83. The lowest BCUT2D eigenvalue weighted by atomic mass is 10.0. The van der Waals surface area contributed by atoms with Gasteiger partial charge in [0.2, 0.25) is 0 Å². The molecule has 0 aromatic heterocycles. The Balaban J connectivity index is 2.79. The highest BCUT2D eigenvalue weighted by molar-refractivity contribution is 14.1. The maximum Gasteiger partial charge on any atom is 0.0253 e. The van der Waals surface area contributed by atoms with Crippen LogP contribution in [0.25, 0.3) is 16.8 Å². The number of alkyl halides is 1. The van der Waals surface area contributed by atoms with Crippen LogP contribution in [0.3, 0.4) is 0 Å². The van der Waals surface area contributed by atoms with E-state index in [0.717, 1.165) is 4.43 Å². The smallest absolute Gasteiger partial charge is 0.0253 e. The minimum Gasteiger partial charge on any atom is -0.0985 e. The van der Waals surface area contributed by atoms with Crippen LogP contribution in [0.1, 0.15) is 11.1 Å². The van der Waals surface area contributed by atoms with Gasteiger partial charge >= 0.3 is 0 Å². The van der Waals surface area contributed by atoms with Gasteiger partial charge in [-0.25, -0.2) is 0 Å². The average Bonchev–Trinajstić information content (AvgIpc) is 2.27. The molecule has 0 heterocycles. The zero-order valence-corrected chi connectivity index (χ0v) is 9.99. The van der Waals surface area contributed by atoms with Gasteiger partial charge < -0.3 is 0 Å². The number of rotatable bonds is 2. The fourth-order valence-corrected chi connectivity index (χ4v) is 2.27. The van der Waals surface area contributed by atoms with Crippen LogP contribution < -0.4 is 0 Å². The van der Waals surface area contributed by atoms with E-state index >= 15 is 0 Å². The Labute approximate surface area is 97.8 Å². The van der Waals surface area contributed by atoms with Crippen molar-refractivity contribution in [3.8, 4) is 0 Å². The molecule has 0 nitrogen and oxygen atoms in total. The maximum atomic E-state index is 3.81. The van der Waals surface area contributed by atoms with Crippen molar-refractivity contribution in [2.75, 3.05) is 0 Å². The van der Waals surface area contributed by atoms with Crippen LogP contribution in [0, 0.1) is 0 Å². The van der Waals surface area contributed by atoms with E-state index in [1.165, 1.54) is 21.9 Å². The van der Waals surface area contributed by atoms with Crippen molar-refractivity contribution < 1.29 is 0 Å². The maximum absolute atomic E-state index is 3.81. The highest BCUT2D eigenvalue weighted by Gasteiger charge is 2.00. The number of hydrogen-bond donors (Lipinski definition) is 0. The first kappa shape index (κ1) is 9.71. The van der Waals surface area contributed by atoms with Crippen LogP contribution in [0.4, 0.5) is 0 Å². The summed E-state index contributed by atoms with van der Waals surface area (Å²) in [5, 5.41) is 2.66. The summed E-state index contributed by atoms with van der Waals surface area (Å²) in [5.41, 5.74) is 2.59. The quantitative estimate of drug-likeness (QED) is 0.568. The Hall–Kier alpha value is -0.830. The zero-order chi connectivity index (χ0) is 9.97. The van der Waals surface area contributed by atoms with Crippen molar-refractivity contribution >= 4 is 39.4 Å². The topological polar surface area (TPSA) is 0 Å². The first-order chi connectivity index (χ1) is 6.85. The number of fused-ring (bicyclic) bond motifs is 1. The fourth-order valence-electron chi connectivity index (χ4n) is 1.64. The third kappa shape index (κ3) is 1.69. The summed E-state index contributed by atoms with van der Waals surface area (Å²) in [6, 6.07) is 12.9. The van der Waals surface area contributed by atoms with Crippen LogP contribution in [0.2, 0.25) is 0 Å². The monoisotopic (exact) mass is 294 g/mol. The molecule has 0 fully saturated rings. The summed E-state index contributed by atoms with van der Waals surface area (Å²) in [6.07, 6.45) is 1.90. The Morgan fingerprint density at radius 1 is 1.21 bits per heavy atom. The third-order valence-electron chi connectivity index (χ3n) is 2.35. The summed E-state index contributed by atoms with van der Waals surface area (Å²) >= 11 is 2.40. The van der Waals surface area contributed by atoms with Crippen LogP contribution in [0.15, 0.2) is 43.0 Å². The second kappa shape index (κ2) is 4.13. The van der Waals surface area contributed by atoms with Crippen molar-refractivity contribution in [3.63, 3.8) is 0 Å². The molecule has 0 saturated carbocycles. The molecule has 0 amide bonds. The lowest BCUT2D eigenvalue weighted by Gasteiger charge is -2.05. The van der Waals surface area contributed by atoms with Crippen LogP contribution in [0.5, 0.6) is 0 Å².